The molecule has 1 saturated heterocycles. The van der Waals surface area contributed by atoms with Gasteiger partial charge in [-0.3, -0.25) is 14.9 Å². The van der Waals surface area contributed by atoms with Gasteiger partial charge < -0.3 is 10.2 Å². The van der Waals surface area contributed by atoms with Gasteiger partial charge in [-0.25, -0.2) is 9.48 Å². The molecule has 2 aliphatic rings. The Morgan fingerprint density at radius 2 is 1.97 bits per heavy atom. The van der Waals surface area contributed by atoms with Crippen molar-refractivity contribution < 1.29 is 14.4 Å². The first-order chi connectivity index (χ1) is 14.2. The van der Waals surface area contributed by atoms with E-state index in [0.717, 1.165) is 36.2 Å². The molecule has 1 aromatic carbocycles. The molecule has 1 aliphatic carbocycles. The lowest BCUT2D eigenvalue weighted by molar-refractivity contribution is -0.122. The molecule has 0 spiro atoms. The smallest absolute Gasteiger partial charge is 0.325 e. The molecule has 1 aromatic heterocycles. The molecule has 0 radical (unpaired) electrons. The van der Waals surface area contributed by atoms with Crippen molar-refractivity contribution in [3.05, 3.63) is 47.3 Å². The molecule has 8 heteroatoms. The van der Waals surface area contributed by atoms with E-state index in [-0.39, 0.29) is 36.4 Å². The van der Waals surface area contributed by atoms with E-state index < -0.39 is 6.03 Å². The van der Waals surface area contributed by atoms with Crippen LogP contribution in [0.2, 0.25) is 0 Å². The van der Waals surface area contributed by atoms with E-state index in [2.05, 4.69) is 60.8 Å². The molecule has 0 bridgehead atoms. The Balaban J connectivity index is 1.49. The first kappa shape index (κ1) is 20.1. The van der Waals surface area contributed by atoms with Crippen LogP contribution in [0.25, 0.3) is 5.69 Å². The minimum atomic E-state index is -0.522. The maximum atomic E-state index is 12.5. The number of urea groups is 1. The molecule has 2 aromatic rings. The van der Waals surface area contributed by atoms with Crippen molar-refractivity contribution in [2.75, 3.05) is 13.1 Å². The average Bonchev–Trinajstić information content (AvgIpc) is 3.24. The van der Waals surface area contributed by atoms with E-state index in [4.69, 9.17) is 0 Å². The van der Waals surface area contributed by atoms with Crippen LogP contribution in [-0.2, 0) is 21.4 Å². The van der Waals surface area contributed by atoms with Gasteiger partial charge in [-0.05, 0) is 42.4 Å². The van der Waals surface area contributed by atoms with Crippen LogP contribution < -0.4 is 10.6 Å². The minimum Gasteiger partial charge on any atom is -0.348 e. The highest BCUT2D eigenvalue weighted by Gasteiger charge is 2.30. The second-order valence-corrected chi connectivity index (χ2v) is 8.98. The fourth-order valence-corrected chi connectivity index (χ4v) is 4.06. The van der Waals surface area contributed by atoms with Gasteiger partial charge >= 0.3 is 6.03 Å². The summed E-state index contributed by atoms with van der Waals surface area (Å²) < 4.78 is 1.95. The maximum absolute atomic E-state index is 12.5. The van der Waals surface area contributed by atoms with Gasteiger partial charge in [0, 0.05) is 11.3 Å². The van der Waals surface area contributed by atoms with Gasteiger partial charge in [0.05, 0.1) is 17.9 Å². The number of carbonyl (C=O) groups excluding carboxylic acids is 3. The second-order valence-electron chi connectivity index (χ2n) is 8.98. The summed E-state index contributed by atoms with van der Waals surface area (Å²) in [7, 11) is 0. The predicted octanol–water partition coefficient (Wildman–Crippen LogP) is 2.22. The van der Waals surface area contributed by atoms with Crippen molar-refractivity contribution in [3.63, 3.8) is 0 Å². The Morgan fingerprint density at radius 3 is 2.60 bits per heavy atom. The third kappa shape index (κ3) is 3.94. The molecule has 4 amide bonds. The first-order valence-electron chi connectivity index (χ1n) is 10.3. The summed E-state index contributed by atoms with van der Waals surface area (Å²) in [6, 6.07) is 7.76. The zero-order valence-electron chi connectivity index (χ0n) is 17.6. The highest BCUT2D eigenvalue weighted by Crippen LogP contribution is 2.31. The molecular formula is C22H27N5O3. The molecule has 2 heterocycles. The highest BCUT2D eigenvalue weighted by molar-refractivity contribution is 6.03. The lowest BCUT2D eigenvalue weighted by atomic mass is 9.87. The van der Waals surface area contributed by atoms with Crippen LogP contribution in [0.3, 0.4) is 0 Å². The highest BCUT2D eigenvalue weighted by atomic mass is 16.2. The zero-order chi connectivity index (χ0) is 21.5. The number of fused-ring (bicyclic) bond motifs is 1. The number of carbonyl (C=O) groups is 3. The van der Waals surface area contributed by atoms with E-state index >= 15 is 0 Å². The van der Waals surface area contributed by atoms with E-state index in [1.807, 2.05) is 10.9 Å². The topological polar surface area (TPSA) is 96.3 Å². The fraction of sp³-hybridized carbons (Fsp3) is 0.455. The zero-order valence-corrected chi connectivity index (χ0v) is 17.6. The summed E-state index contributed by atoms with van der Waals surface area (Å²) in [5.74, 6) is -0.661. The molecule has 1 fully saturated rings. The van der Waals surface area contributed by atoms with Crippen LogP contribution >= 0.6 is 0 Å². The van der Waals surface area contributed by atoms with Gasteiger partial charge in [-0.2, -0.15) is 5.10 Å². The Bertz CT molecular complexity index is 987. The number of hydrogen-bond acceptors (Lipinski definition) is 4. The third-order valence-corrected chi connectivity index (χ3v) is 5.70. The summed E-state index contributed by atoms with van der Waals surface area (Å²) >= 11 is 0. The van der Waals surface area contributed by atoms with E-state index in [1.54, 1.807) is 0 Å². The van der Waals surface area contributed by atoms with Crippen molar-refractivity contribution >= 4 is 17.8 Å². The van der Waals surface area contributed by atoms with Gasteiger partial charge in [0.25, 0.3) is 0 Å². The molecule has 8 nitrogen and oxygen atoms in total. The van der Waals surface area contributed by atoms with Crippen molar-refractivity contribution in [2.45, 2.75) is 51.5 Å². The normalized spacial score (nSPS) is 18.9. The summed E-state index contributed by atoms with van der Waals surface area (Å²) in [5.41, 5.74) is 4.47. The van der Waals surface area contributed by atoms with E-state index in [1.165, 1.54) is 10.5 Å². The van der Waals surface area contributed by atoms with Gasteiger partial charge in [-0.1, -0.05) is 32.9 Å². The monoisotopic (exact) mass is 409 g/mol. The summed E-state index contributed by atoms with van der Waals surface area (Å²) in [6.07, 6.45) is 4.47. The van der Waals surface area contributed by atoms with Gasteiger partial charge in [0.1, 0.15) is 13.1 Å². The molecular weight excluding hydrogens is 382 g/mol. The molecule has 30 heavy (non-hydrogen) atoms. The Kier molecular flexibility index (Phi) is 5.09. The molecule has 0 saturated carbocycles. The Hall–Kier alpha value is -3.16. The lowest BCUT2D eigenvalue weighted by Crippen LogP contribution is -2.41. The lowest BCUT2D eigenvalue weighted by Gasteiger charge is -2.25. The minimum absolute atomic E-state index is 0.0787. The van der Waals surface area contributed by atoms with Gasteiger partial charge in [0.15, 0.2) is 0 Å². The molecule has 1 atom stereocenters. The third-order valence-electron chi connectivity index (χ3n) is 5.70. The molecule has 0 unspecified atom stereocenters. The Labute approximate surface area is 175 Å². The number of amides is 4. The number of hydrogen-bond donors (Lipinski definition) is 2. The fourth-order valence-electron chi connectivity index (χ4n) is 4.06. The number of benzene rings is 1. The Morgan fingerprint density at radius 1 is 1.23 bits per heavy atom. The van der Waals surface area contributed by atoms with Gasteiger partial charge in [0.2, 0.25) is 11.8 Å². The van der Waals surface area contributed by atoms with Gasteiger partial charge in [-0.15, -0.1) is 0 Å². The number of imide groups is 1. The van der Waals surface area contributed by atoms with Crippen LogP contribution in [0.1, 0.15) is 56.5 Å². The van der Waals surface area contributed by atoms with E-state index in [9.17, 15) is 14.4 Å². The van der Waals surface area contributed by atoms with Crippen LogP contribution in [-0.4, -0.2) is 45.6 Å². The number of nitrogens with zero attached hydrogens (tertiary/aromatic N) is 3. The number of nitrogens with one attached hydrogen (secondary N) is 2. The second kappa shape index (κ2) is 7.59. The average molecular weight is 409 g/mol. The quantitative estimate of drug-likeness (QED) is 0.757. The van der Waals surface area contributed by atoms with Crippen molar-refractivity contribution in [1.29, 1.82) is 0 Å². The van der Waals surface area contributed by atoms with Crippen molar-refractivity contribution in [3.8, 4) is 5.69 Å². The molecule has 4 rings (SSSR count). The maximum Gasteiger partial charge on any atom is 0.325 e. The van der Waals surface area contributed by atoms with Crippen molar-refractivity contribution in [1.82, 2.24) is 25.3 Å². The number of rotatable bonds is 4. The molecule has 158 valence electrons. The van der Waals surface area contributed by atoms with Crippen LogP contribution in [0.15, 0.2) is 30.5 Å². The van der Waals surface area contributed by atoms with Crippen molar-refractivity contribution in [2.24, 2.45) is 0 Å². The number of aromatic nitrogens is 2. The largest absolute Gasteiger partial charge is 0.348 e. The molecule has 1 aliphatic heterocycles. The first-order valence-corrected chi connectivity index (χ1v) is 10.3. The predicted molar refractivity (Wildman–Crippen MR) is 111 cm³/mol. The SMILES string of the molecule is CC(C)(C)c1ccc(-n2ncc3c2CCC[C@@H]3NC(=O)CN2CC(=O)NC2=O)cc1. The summed E-state index contributed by atoms with van der Waals surface area (Å²) in [5, 5.41) is 9.78. The van der Waals surface area contributed by atoms with E-state index in [0.29, 0.717) is 0 Å². The molecule has 2 N–H and O–H groups in total. The van der Waals surface area contributed by atoms with Crippen LogP contribution in [0.4, 0.5) is 4.79 Å². The summed E-state index contributed by atoms with van der Waals surface area (Å²) in [6.45, 7) is 6.35. The van der Waals surface area contributed by atoms with Crippen LogP contribution in [0.5, 0.6) is 0 Å². The summed E-state index contributed by atoms with van der Waals surface area (Å²) in [4.78, 5) is 36.6. The standard InChI is InChI=1S/C22H27N5O3/c1-22(2,3)14-7-9-15(10-8-14)27-18-6-4-5-17(16(18)11-23-27)24-19(28)12-26-13-20(29)25-21(26)30/h7-11,17H,4-6,12-13H2,1-3H3,(H,24,28)(H,25,29,30)/t17-/m0/s1. The van der Waals surface area contributed by atoms with Crippen LogP contribution in [0, 0.1) is 0 Å².